The summed E-state index contributed by atoms with van der Waals surface area (Å²) in [6.07, 6.45) is 0. The standard InChI is InChI=1S/C10H19N3OS/c1-6(2)8(10(4,5)14)12-9-11-7(3)13-15-9/h6,8,14H,1-5H3,(H,11,12,13)/t8-/m0/s1. The predicted octanol–water partition coefficient (Wildman–Crippen LogP) is 2.05. The molecule has 2 N–H and O–H groups in total. The summed E-state index contributed by atoms with van der Waals surface area (Å²) in [5.74, 6) is 1.09. The minimum Gasteiger partial charge on any atom is -0.388 e. The van der Waals surface area contributed by atoms with Gasteiger partial charge in [-0.25, -0.2) is 4.98 Å². The molecule has 1 atom stereocenters. The third-order valence-electron chi connectivity index (χ3n) is 2.23. The second kappa shape index (κ2) is 4.45. The van der Waals surface area contributed by atoms with Crippen LogP contribution in [0, 0.1) is 12.8 Å². The number of nitrogens with one attached hydrogen (secondary N) is 1. The van der Waals surface area contributed by atoms with Crippen LogP contribution < -0.4 is 5.32 Å². The lowest BCUT2D eigenvalue weighted by Gasteiger charge is -2.32. The summed E-state index contributed by atoms with van der Waals surface area (Å²) in [5, 5.41) is 14.0. The van der Waals surface area contributed by atoms with E-state index in [2.05, 4.69) is 28.5 Å². The van der Waals surface area contributed by atoms with Crippen molar-refractivity contribution in [1.29, 1.82) is 0 Å². The van der Waals surface area contributed by atoms with E-state index in [0.717, 1.165) is 11.0 Å². The Labute approximate surface area is 94.9 Å². The molecule has 0 aliphatic carbocycles. The van der Waals surface area contributed by atoms with Crippen LogP contribution in [0.1, 0.15) is 33.5 Å². The van der Waals surface area contributed by atoms with E-state index in [0.29, 0.717) is 5.92 Å². The maximum atomic E-state index is 10.0. The average Bonchev–Trinajstić information content (AvgIpc) is 2.44. The van der Waals surface area contributed by atoms with E-state index in [1.54, 1.807) is 13.8 Å². The summed E-state index contributed by atoms with van der Waals surface area (Å²) in [4.78, 5) is 4.23. The number of hydrogen-bond acceptors (Lipinski definition) is 5. The van der Waals surface area contributed by atoms with Crippen LogP contribution in [-0.2, 0) is 0 Å². The van der Waals surface area contributed by atoms with Crippen molar-refractivity contribution in [3.63, 3.8) is 0 Å². The van der Waals surface area contributed by atoms with E-state index in [4.69, 9.17) is 0 Å². The number of hydrogen-bond donors (Lipinski definition) is 2. The van der Waals surface area contributed by atoms with Crippen molar-refractivity contribution < 1.29 is 5.11 Å². The van der Waals surface area contributed by atoms with E-state index in [1.165, 1.54) is 11.5 Å². The molecule has 0 bridgehead atoms. The molecule has 1 heterocycles. The van der Waals surface area contributed by atoms with Crippen molar-refractivity contribution in [1.82, 2.24) is 9.36 Å². The zero-order valence-electron chi connectivity index (χ0n) is 9.90. The van der Waals surface area contributed by atoms with Crippen LogP contribution in [0.2, 0.25) is 0 Å². The molecule has 1 rings (SSSR count). The molecule has 1 aromatic rings. The first-order valence-electron chi connectivity index (χ1n) is 5.10. The lowest BCUT2D eigenvalue weighted by molar-refractivity contribution is 0.0441. The summed E-state index contributed by atoms with van der Waals surface area (Å²) in [6, 6.07) is -0.0233. The Balaban J connectivity index is 2.76. The van der Waals surface area contributed by atoms with E-state index in [-0.39, 0.29) is 6.04 Å². The Morgan fingerprint density at radius 1 is 1.40 bits per heavy atom. The topological polar surface area (TPSA) is 58.0 Å². The average molecular weight is 229 g/mol. The fraction of sp³-hybridized carbons (Fsp3) is 0.800. The van der Waals surface area contributed by atoms with Crippen molar-refractivity contribution in [2.24, 2.45) is 5.92 Å². The van der Waals surface area contributed by atoms with Crippen molar-refractivity contribution >= 4 is 16.7 Å². The molecule has 0 unspecified atom stereocenters. The minimum absolute atomic E-state index is 0.0233. The molecule has 86 valence electrons. The molecular formula is C10H19N3OS. The first-order valence-corrected chi connectivity index (χ1v) is 5.87. The third-order valence-corrected chi connectivity index (χ3v) is 2.97. The molecule has 5 heteroatoms. The molecule has 0 fully saturated rings. The fourth-order valence-corrected chi connectivity index (χ4v) is 2.26. The number of aryl methyl sites for hydroxylation is 1. The van der Waals surface area contributed by atoms with Crippen molar-refractivity contribution in [3.8, 4) is 0 Å². The molecule has 0 aliphatic heterocycles. The molecule has 0 spiro atoms. The van der Waals surface area contributed by atoms with Gasteiger partial charge < -0.3 is 10.4 Å². The summed E-state index contributed by atoms with van der Waals surface area (Å²) in [7, 11) is 0. The molecular weight excluding hydrogens is 210 g/mol. The number of aromatic nitrogens is 2. The van der Waals surface area contributed by atoms with E-state index in [9.17, 15) is 5.11 Å². The quantitative estimate of drug-likeness (QED) is 0.829. The lowest BCUT2D eigenvalue weighted by Crippen LogP contribution is -2.45. The van der Waals surface area contributed by atoms with E-state index < -0.39 is 5.60 Å². The Morgan fingerprint density at radius 3 is 2.33 bits per heavy atom. The maximum absolute atomic E-state index is 10.0. The lowest BCUT2D eigenvalue weighted by atomic mass is 9.89. The van der Waals surface area contributed by atoms with Gasteiger partial charge in [-0.2, -0.15) is 4.37 Å². The Bertz CT molecular complexity index is 317. The summed E-state index contributed by atoms with van der Waals surface area (Å²) >= 11 is 1.33. The molecule has 0 aliphatic rings. The molecule has 0 aromatic carbocycles. The van der Waals surface area contributed by atoms with Crippen LogP contribution in [0.15, 0.2) is 0 Å². The van der Waals surface area contributed by atoms with Crippen LogP contribution in [0.25, 0.3) is 0 Å². The molecule has 0 saturated carbocycles. The molecule has 0 amide bonds. The highest BCUT2D eigenvalue weighted by molar-refractivity contribution is 7.09. The fourth-order valence-electron chi connectivity index (χ4n) is 1.65. The maximum Gasteiger partial charge on any atom is 0.202 e. The van der Waals surface area contributed by atoms with Crippen LogP contribution in [0.4, 0.5) is 5.13 Å². The van der Waals surface area contributed by atoms with Gasteiger partial charge in [-0.15, -0.1) is 0 Å². The minimum atomic E-state index is -0.770. The first-order chi connectivity index (χ1) is 6.80. The van der Waals surface area contributed by atoms with Gasteiger partial charge in [0.1, 0.15) is 5.82 Å². The van der Waals surface area contributed by atoms with Gasteiger partial charge in [0.25, 0.3) is 0 Å². The van der Waals surface area contributed by atoms with Gasteiger partial charge >= 0.3 is 0 Å². The van der Waals surface area contributed by atoms with Crippen LogP contribution in [0.3, 0.4) is 0 Å². The van der Waals surface area contributed by atoms with Crippen LogP contribution in [-0.4, -0.2) is 26.1 Å². The van der Waals surface area contributed by atoms with E-state index in [1.807, 2.05) is 6.92 Å². The Kier molecular flexibility index (Phi) is 3.67. The van der Waals surface area contributed by atoms with Crippen molar-refractivity contribution in [2.45, 2.75) is 46.3 Å². The molecule has 1 aromatic heterocycles. The number of nitrogens with zero attached hydrogens (tertiary/aromatic N) is 2. The van der Waals surface area contributed by atoms with Gasteiger partial charge in [0.05, 0.1) is 11.6 Å². The monoisotopic (exact) mass is 229 g/mol. The third kappa shape index (κ3) is 3.43. The van der Waals surface area contributed by atoms with Crippen LogP contribution in [0.5, 0.6) is 0 Å². The van der Waals surface area contributed by atoms with Crippen molar-refractivity contribution in [3.05, 3.63) is 5.82 Å². The SMILES string of the molecule is Cc1nsc(N[C@@H](C(C)C)C(C)(C)O)n1. The molecule has 4 nitrogen and oxygen atoms in total. The zero-order valence-corrected chi connectivity index (χ0v) is 10.7. The highest BCUT2D eigenvalue weighted by atomic mass is 32.1. The second-order valence-electron chi connectivity index (χ2n) is 4.67. The molecule has 15 heavy (non-hydrogen) atoms. The van der Waals surface area contributed by atoms with Gasteiger partial charge in [-0.3, -0.25) is 0 Å². The largest absolute Gasteiger partial charge is 0.388 e. The first kappa shape index (κ1) is 12.4. The Hall–Kier alpha value is -0.680. The van der Waals surface area contributed by atoms with Crippen molar-refractivity contribution in [2.75, 3.05) is 5.32 Å². The van der Waals surface area contributed by atoms with Gasteiger partial charge in [-0.1, -0.05) is 13.8 Å². The summed E-state index contributed by atoms with van der Waals surface area (Å²) in [6.45, 7) is 9.61. The molecule has 0 saturated heterocycles. The number of anilines is 1. The zero-order chi connectivity index (χ0) is 11.6. The van der Waals surface area contributed by atoms with E-state index >= 15 is 0 Å². The smallest absolute Gasteiger partial charge is 0.202 e. The summed E-state index contributed by atoms with van der Waals surface area (Å²) in [5.41, 5.74) is -0.770. The summed E-state index contributed by atoms with van der Waals surface area (Å²) < 4.78 is 4.10. The van der Waals surface area contributed by atoms with Gasteiger partial charge in [0, 0.05) is 11.5 Å². The Morgan fingerprint density at radius 2 is 2.00 bits per heavy atom. The van der Waals surface area contributed by atoms with Gasteiger partial charge in [0.15, 0.2) is 0 Å². The highest BCUT2D eigenvalue weighted by Crippen LogP contribution is 2.22. The second-order valence-corrected chi connectivity index (χ2v) is 5.42. The van der Waals surface area contributed by atoms with Crippen LogP contribution >= 0.6 is 11.5 Å². The normalized spacial score (nSPS) is 14.3. The van der Waals surface area contributed by atoms with Gasteiger partial charge in [0.2, 0.25) is 5.13 Å². The highest BCUT2D eigenvalue weighted by Gasteiger charge is 2.30. The number of aliphatic hydroxyl groups is 1. The van der Waals surface area contributed by atoms with Gasteiger partial charge in [-0.05, 0) is 26.7 Å². The molecule has 0 radical (unpaired) electrons. The predicted molar refractivity (Wildman–Crippen MR) is 63.2 cm³/mol. The number of rotatable bonds is 4.